The summed E-state index contributed by atoms with van der Waals surface area (Å²) in [5, 5.41) is 4.04. The number of aromatic nitrogens is 1. The van der Waals surface area contributed by atoms with E-state index in [4.69, 9.17) is 10.3 Å². The van der Waals surface area contributed by atoms with Crippen molar-refractivity contribution in [3.8, 4) is 22.4 Å². The van der Waals surface area contributed by atoms with Gasteiger partial charge in [-0.2, -0.15) is 0 Å². The molecule has 0 aliphatic rings. The first-order valence-corrected chi connectivity index (χ1v) is 6.65. The minimum Gasteiger partial charge on any atom is -0.367 e. The number of aryl methyl sites for hydroxylation is 2. The Morgan fingerprint density at radius 3 is 2.57 bits per heavy atom. The lowest BCUT2D eigenvalue weighted by molar-refractivity contribution is 0.439. The number of nitrogens with zero attached hydrogens (tertiary/aromatic N) is 1. The van der Waals surface area contributed by atoms with Gasteiger partial charge in [-0.25, -0.2) is 4.39 Å². The summed E-state index contributed by atoms with van der Waals surface area (Å²) in [5.41, 5.74) is 10.7. The topological polar surface area (TPSA) is 52.0 Å². The highest BCUT2D eigenvalue weighted by atomic mass is 19.1. The van der Waals surface area contributed by atoms with Gasteiger partial charge in [0.1, 0.15) is 11.5 Å². The average Bonchev–Trinajstić information content (AvgIpc) is 2.84. The van der Waals surface area contributed by atoms with Gasteiger partial charge in [-0.3, -0.25) is 0 Å². The Morgan fingerprint density at radius 1 is 1.05 bits per heavy atom. The normalized spacial score (nSPS) is 10.8. The molecule has 0 bridgehead atoms. The van der Waals surface area contributed by atoms with Gasteiger partial charge in [0.25, 0.3) is 0 Å². The summed E-state index contributed by atoms with van der Waals surface area (Å²) in [4.78, 5) is 0. The summed E-state index contributed by atoms with van der Waals surface area (Å²) in [7, 11) is 0. The molecule has 0 spiro atoms. The van der Waals surface area contributed by atoms with Crippen LogP contribution in [0.2, 0.25) is 0 Å². The molecular weight excluding hydrogens is 267 g/mol. The van der Waals surface area contributed by atoms with Crippen LogP contribution in [-0.4, -0.2) is 5.16 Å². The fraction of sp³-hybridized carbons (Fsp3) is 0.118. The molecule has 0 aliphatic carbocycles. The van der Waals surface area contributed by atoms with Crippen LogP contribution in [0.25, 0.3) is 22.4 Å². The second kappa shape index (κ2) is 5.05. The highest BCUT2D eigenvalue weighted by Gasteiger charge is 2.18. The lowest BCUT2D eigenvalue weighted by atomic mass is 9.98. The molecule has 21 heavy (non-hydrogen) atoms. The summed E-state index contributed by atoms with van der Waals surface area (Å²) in [5.74, 6) is 0.0184. The van der Waals surface area contributed by atoms with E-state index >= 15 is 0 Å². The number of nitrogens with two attached hydrogens (primary N) is 1. The van der Waals surface area contributed by atoms with Crippen molar-refractivity contribution in [1.29, 1.82) is 0 Å². The van der Waals surface area contributed by atoms with Crippen LogP contribution in [0.5, 0.6) is 0 Å². The quantitative estimate of drug-likeness (QED) is 0.760. The van der Waals surface area contributed by atoms with Crippen LogP contribution in [0, 0.1) is 19.7 Å². The first-order chi connectivity index (χ1) is 10.1. The number of hydrogen-bond donors (Lipinski definition) is 1. The first-order valence-electron chi connectivity index (χ1n) is 6.65. The molecule has 0 unspecified atom stereocenters. The largest absolute Gasteiger partial charge is 0.367 e. The van der Waals surface area contributed by atoms with Gasteiger partial charge in [0, 0.05) is 5.56 Å². The van der Waals surface area contributed by atoms with E-state index < -0.39 is 0 Å². The maximum atomic E-state index is 13.4. The average molecular weight is 282 g/mol. The van der Waals surface area contributed by atoms with Gasteiger partial charge < -0.3 is 10.3 Å². The van der Waals surface area contributed by atoms with Crippen molar-refractivity contribution in [2.24, 2.45) is 0 Å². The van der Waals surface area contributed by atoms with Gasteiger partial charge in [-0.05, 0) is 43.2 Å². The van der Waals surface area contributed by atoms with Gasteiger partial charge in [-0.1, -0.05) is 35.0 Å². The molecule has 3 rings (SSSR count). The zero-order chi connectivity index (χ0) is 15.0. The van der Waals surface area contributed by atoms with Crippen molar-refractivity contribution in [2.75, 3.05) is 5.73 Å². The molecule has 3 aromatic rings. The molecule has 0 fully saturated rings. The van der Waals surface area contributed by atoms with Crippen molar-refractivity contribution < 1.29 is 8.91 Å². The maximum absolute atomic E-state index is 13.4. The van der Waals surface area contributed by atoms with Crippen LogP contribution in [-0.2, 0) is 0 Å². The van der Waals surface area contributed by atoms with E-state index in [9.17, 15) is 4.39 Å². The van der Waals surface area contributed by atoms with E-state index in [2.05, 4.69) is 5.16 Å². The van der Waals surface area contributed by atoms with Gasteiger partial charge >= 0.3 is 0 Å². The molecule has 2 N–H and O–H groups in total. The van der Waals surface area contributed by atoms with E-state index in [1.165, 1.54) is 6.07 Å². The highest BCUT2D eigenvalue weighted by Crippen LogP contribution is 2.36. The molecule has 1 aromatic heterocycles. The third-order valence-electron chi connectivity index (χ3n) is 3.46. The van der Waals surface area contributed by atoms with E-state index in [1.54, 1.807) is 19.1 Å². The number of nitrogen functional groups attached to an aromatic ring is 1. The number of rotatable bonds is 2. The maximum Gasteiger partial charge on any atom is 0.230 e. The Morgan fingerprint density at radius 2 is 1.86 bits per heavy atom. The predicted octanol–water partition coefficient (Wildman–Crippen LogP) is 4.35. The van der Waals surface area contributed by atoms with Crippen LogP contribution < -0.4 is 5.73 Å². The number of hydrogen-bond acceptors (Lipinski definition) is 3. The first kappa shape index (κ1) is 13.4. The predicted molar refractivity (Wildman–Crippen MR) is 81.2 cm³/mol. The number of benzene rings is 2. The van der Waals surface area contributed by atoms with Crippen LogP contribution >= 0.6 is 0 Å². The Bertz CT molecular complexity index is 808. The summed E-state index contributed by atoms with van der Waals surface area (Å²) in [6, 6.07) is 12.8. The molecule has 0 amide bonds. The molecule has 0 saturated carbocycles. The Hall–Kier alpha value is -2.62. The number of anilines is 1. The van der Waals surface area contributed by atoms with E-state index in [1.807, 2.05) is 31.2 Å². The van der Waals surface area contributed by atoms with Gasteiger partial charge in [0.05, 0.1) is 5.56 Å². The zero-order valence-corrected chi connectivity index (χ0v) is 11.9. The fourth-order valence-corrected chi connectivity index (χ4v) is 2.37. The van der Waals surface area contributed by atoms with Crippen molar-refractivity contribution >= 4 is 5.88 Å². The minimum atomic E-state index is -0.243. The molecule has 3 nitrogen and oxygen atoms in total. The third-order valence-corrected chi connectivity index (χ3v) is 3.46. The molecule has 106 valence electrons. The molecule has 4 heteroatoms. The smallest absolute Gasteiger partial charge is 0.230 e. The van der Waals surface area contributed by atoms with Gasteiger partial charge in [0.2, 0.25) is 5.88 Å². The minimum absolute atomic E-state index is 0.243. The van der Waals surface area contributed by atoms with Crippen LogP contribution in [0.4, 0.5) is 10.3 Å². The van der Waals surface area contributed by atoms with Crippen molar-refractivity contribution in [1.82, 2.24) is 5.16 Å². The molecule has 2 aromatic carbocycles. The lowest BCUT2D eigenvalue weighted by Crippen LogP contribution is -1.90. The standard InChI is InChI=1S/C17H15FN2O/c1-10-4-3-5-12(8-10)15-16(20-21-17(15)19)13-6-7-14(18)11(2)9-13/h3-9H,19H2,1-2H3. The van der Waals surface area contributed by atoms with Crippen molar-refractivity contribution in [2.45, 2.75) is 13.8 Å². The van der Waals surface area contributed by atoms with Crippen molar-refractivity contribution in [3.63, 3.8) is 0 Å². The van der Waals surface area contributed by atoms with Gasteiger partial charge in [0.15, 0.2) is 0 Å². The van der Waals surface area contributed by atoms with E-state index in [0.29, 0.717) is 11.3 Å². The molecule has 0 radical (unpaired) electrons. The lowest BCUT2D eigenvalue weighted by Gasteiger charge is -2.05. The molecule has 1 heterocycles. The SMILES string of the molecule is Cc1cccc(-c2c(-c3ccc(F)c(C)c3)noc2N)c1. The van der Waals surface area contributed by atoms with E-state index in [0.717, 1.165) is 22.3 Å². The molecule has 0 atom stereocenters. The monoisotopic (exact) mass is 282 g/mol. The third kappa shape index (κ3) is 2.40. The molecule has 0 saturated heterocycles. The molecule has 0 aliphatic heterocycles. The Balaban J connectivity index is 2.19. The van der Waals surface area contributed by atoms with Crippen molar-refractivity contribution in [3.05, 3.63) is 59.4 Å². The Kier molecular flexibility index (Phi) is 3.22. The van der Waals surface area contributed by atoms with Crippen LogP contribution in [0.3, 0.4) is 0 Å². The van der Waals surface area contributed by atoms with Gasteiger partial charge in [-0.15, -0.1) is 0 Å². The molecular formula is C17H15FN2O. The Labute approximate surface area is 122 Å². The second-order valence-corrected chi connectivity index (χ2v) is 5.10. The zero-order valence-electron chi connectivity index (χ0n) is 11.9. The van der Waals surface area contributed by atoms with E-state index in [-0.39, 0.29) is 11.7 Å². The number of halogens is 1. The summed E-state index contributed by atoms with van der Waals surface area (Å²) >= 11 is 0. The highest BCUT2D eigenvalue weighted by molar-refractivity contribution is 5.87. The fourth-order valence-electron chi connectivity index (χ4n) is 2.37. The van der Waals surface area contributed by atoms with Crippen LogP contribution in [0.15, 0.2) is 47.0 Å². The summed E-state index contributed by atoms with van der Waals surface area (Å²) in [6.45, 7) is 3.73. The van der Waals surface area contributed by atoms with Crippen LogP contribution in [0.1, 0.15) is 11.1 Å². The second-order valence-electron chi connectivity index (χ2n) is 5.10. The summed E-state index contributed by atoms with van der Waals surface area (Å²) < 4.78 is 18.6. The summed E-state index contributed by atoms with van der Waals surface area (Å²) in [6.07, 6.45) is 0.